The maximum Gasteiger partial charge on any atom is 0.221 e. The molecule has 0 radical (unpaired) electrons. The first kappa shape index (κ1) is 19.4. The maximum atomic E-state index is 12.0. The number of nitrogens with one attached hydrogen (secondary N) is 1. The number of thioether (sulfide) groups is 1. The summed E-state index contributed by atoms with van der Waals surface area (Å²) in [5.74, 6) is 0.648. The molecule has 0 spiro atoms. The molecule has 0 aliphatic carbocycles. The van der Waals surface area contributed by atoms with E-state index in [0.717, 1.165) is 16.8 Å². The van der Waals surface area contributed by atoms with E-state index in [2.05, 4.69) is 26.5 Å². The number of carbonyl (C=O) groups is 2. The van der Waals surface area contributed by atoms with Crippen LogP contribution in [0.15, 0.2) is 24.3 Å². The Bertz CT molecular complexity index is 472. The van der Waals surface area contributed by atoms with Crippen LogP contribution in [-0.4, -0.2) is 48.9 Å². The summed E-state index contributed by atoms with van der Waals surface area (Å²) in [5.41, 5.74) is 1.28. The van der Waals surface area contributed by atoms with Crippen molar-refractivity contribution in [2.75, 3.05) is 38.8 Å². The van der Waals surface area contributed by atoms with E-state index >= 15 is 0 Å². The standard InChI is InChI=1S/C14H20N2O2S.HI/c1-11(17)15-13-7-5-6-12(10-13)14(18)19-9-8-16(2,3)4;/h5-7,10H,8-9H2,1-4H3;1H. The third kappa shape index (κ3) is 7.86. The van der Waals surface area contributed by atoms with Crippen molar-refractivity contribution in [1.82, 2.24) is 0 Å². The topological polar surface area (TPSA) is 46.2 Å². The molecule has 20 heavy (non-hydrogen) atoms. The lowest BCUT2D eigenvalue weighted by Crippen LogP contribution is -3.00. The van der Waals surface area contributed by atoms with E-state index in [0.29, 0.717) is 11.3 Å². The van der Waals surface area contributed by atoms with E-state index in [1.165, 1.54) is 18.7 Å². The van der Waals surface area contributed by atoms with Crippen LogP contribution in [0.1, 0.15) is 17.3 Å². The highest BCUT2D eigenvalue weighted by atomic mass is 127. The van der Waals surface area contributed by atoms with Gasteiger partial charge < -0.3 is 33.8 Å². The first-order chi connectivity index (χ1) is 8.78. The van der Waals surface area contributed by atoms with E-state index in [1.807, 2.05) is 0 Å². The average molecular weight is 408 g/mol. The van der Waals surface area contributed by atoms with Gasteiger partial charge in [-0.1, -0.05) is 23.9 Å². The number of halogens is 1. The lowest BCUT2D eigenvalue weighted by Gasteiger charge is -2.23. The highest BCUT2D eigenvalue weighted by Gasteiger charge is 2.11. The van der Waals surface area contributed by atoms with Crippen molar-refractivity contribution in [3.8, 4) is 0 Å². The predicted molar refractivity (Wildman–Crippen MR) is 80.4 cm³/mol. The molecular weight excluding hydrogens is 387 g/mol. The SMILES string of the molecule is CC(=O)Nc1cccc(C(=O)SCC[N+](C)(C)C)c1.[I-]. The van der Waals surface area contributed by atoms with Crippen LogP contribution < -0.4 is 29.3 Å². The molecule has 0 aliphatic rings. The molecule has 0 unspecified atom stereocenters. The van der Waals surface area contributed by atoms with Gasteiger partial charge in [-0.25, -0.2) is 0 Å². The molecule has 1 aromatic rings. The lowest BCUT2D eigenvalue weighted by atomic mass is 10.2. The van der Waals surface area contributed by atoms with Crippen LogP contribution in [0, 0.1) is 0 Å². The maximum absolute atomic E-state index is 12.0. The van der Waals surface area contributed by atoms with E-state index in [1.54, 1.807) is 24.3 Å². The number of rotatable bonds is 5. The van der Waals surface area contributed by atoms with Crippen molar-refractivity contribution < 1.29 is 38.0 Å². The van der Waals surface area contributed by atoms with Crippen molar-refractivity contribution in [1.29, 1.82) is 0 Å². The van der Waals surface area contributed by atoms with Crippen molar-refractivity contribution in [3.63, 3.8) is 0 Å². The highest BCUT2D eigenvalue weighted by Crippen LogP contribution is 2.17. The minimum absolute atomic E-state index is 0. The van der Waals surface area contributed by atoms with E-state index < -0.39 is 0 Å². The summed E-state index contributed by atoms with van der Waals surface area (Å²) in [7, 11) is 6.30. The van der Waals surface area contributed by atoms with Gasteiger partial charge >= 0.3 is 0 Å². The molecule has 0 heterocycles. The van der Waals surface area contributed by atoms with Crippen LogP contribution in [0.3, 0.4) is 0 Å². The van der Waals surface area contributed by atoms with Crippen LogP contribution in [0.4, 0.5) is 5.69 Å². The van der Waals surface area contributed by atoms with E-state index in [-0.39, 0.29) is 35.0 Å². The molecule has 0 saturated carbocycles. The van der Waals surface area contributed by atoms with Crippen LogP contribution in [0.25, 0.3) is 0 Å². The number of hydrogen-bond acceptors (Lipinski definition) is 3. The fraction of sp³-hybridized carbons (Fsp3) is 0.429. The Morgan fingerprint density at radius 3 is 2.45 bits per heavy atom. The summed E-state index contributed by atoms with van der Waals surface area (Å²) < 4.78 is 0.839. The van der Waals surface area contributed by atoms with Gasteiger partial charge in [0.1, 0.15) is 0 Å². The molecule has 1 N–H and O–H groups in total. The van der Waals surface area contributed by atoms with Crippen molar-refractivity contribution in [2.45, 2.75) is 6.92 Å². The van der Waals surface area contributed by atoms with Crippen molar-refractivity contribution in [2.24, 2.45) is 0 Å². The number of hydrogen-bond donors (Lipinski definition) is 1. The van der Waals surface area contributed by atoms with Crippen molar-refractivity contribution >= 4 is 28.5 Å². The molecule has 0 fully saturated rings. The Morgan fingerprint density at radius 1 is 1.25 bits per heavy atom. The second kappa shape index (κ2) is 8.63. The summed E-state index contributed by atoms with van der Waals surface area (Å²) in [6.45, 7) is 2.38. The van der Waals surface area contributed by atoms with Crippen LogP contribution in [-0.2, 0) is 4.79 Å². The molecule has 0 aromatic heterocycles. The van der Waals surface area contributed by atoms with Crippen molar-refractivity contribution in [3.05, 3.63) is 29.8 Å². The molecule has 4 nitrogen and oxygen atoms in total. The second-order valence-electron chi connectivity index (χ2n) is 5.41. The zero-order chi connectivity index (χ0) is 14.5. The molecule has 1 aromatic carbocycles. The molecule has 0 atom stereocenters. The fourth-order valence-corrected chi connectivity index (χ4v) is 2.54. The van der Waals surface area contributed by atoms with Crippen LogP contribution in [0.2, 0.25) is 0 Å². The van der Waals surface area contributed by atoms with Gasteiger partial charge in [-0.05, 0) is 12.1 Å². The molecule has 112 valence electrons. The largest absolute Gasteiger partial charge is 1.00 e. The predicted octanol–water partition coefficient (Wildman–Crippen LogP) is -0.771. The summed E-state index contributed by atoms with van der Waals surface area (Å²) in [6.07, 6.45) is 0. The Balaban J connectivity index is 0.00000361. The Hall–Kier alpha value is -0.600. The Labute approximate surface area is 141 Å². The molecule has 6 heteroatoms. The number of anilines is 1. The number of carbonyl (C=O) groups excluding carboxylic acids is 2. The van der Waals surface area contributed by atoms with Crippen LogP contribution in [0.5, 0.6) is 0 Å². The minimum atomic E-state index is -0.137. The number of nitrogens with zero attached hydrogens (tertiary/aromatic N) is 1. The van der Waals surface area contributed by atoms with E-state index in [9.17, 15) is 9.59 Å². The second-order valence-corrected chi connectivity index (χ2v) is 6.48. The number of benzene rings is 1. The molecule has 0 saturated heterocycles. The van der Waals surface area contributed by atoms with Gasteiger partial charge in [-0.3, -0.25) is 9.59 Å². The summed E-state index contributed by atoms with van der Waals surface area (Å²) in [5, 5.41) is 2.72. The third-order valence-corrected chi connectivity index (χ3v) is 3.30. The van der Waals surface area contributed by atoms with Gasteiger partial charge in [0.15, 0.2) is 0 Å². The molecule has 0 aliphatic heterocycles. The highest BCUT2D eigenvalue weighted by molar-refractivity contribution is 8.14. The fourth-order valence-electron chi connectivity index (χ4n) is 1.42. The Kier molecular flexibility index (Phi) is 8.38. The average Bonchev–Trinajstić information content (AvgIpc) is 2.26. The monoisotopic (exact) mass is 408 g/mol. The first-order valence-corrected chi connectivity index (χ1v) is 7.12. The quantitative estimate of drug-likeness (QED) is 0.514. The van der Waals surface area contributed by atoms with Gasteiger partial charge in [0, 0.05) is 18.2 Å². The lowest BCUT2D eigenvalue weighted by molar-refractivity contribution is -0.867. The summed E-state index contributed by atoms with van der Waals surface area (Å²) >= 11 is 1.32. The molecule has 0 bridgehead atoms. The van der Waals surface area contributed by atoms with Gasteiger partial charge in [-0.2, -0.15) is 0 Å². The number of quaternary nitrogens is 1. The summed E-state index contributed by atoms with van der Waals surface area (Å²) in [6, 6.07) is 7.03. The molecular formula is C14H21IN2O2S. The van der Waals surface area contributed by atoms with Gasteiger partial charge in [0.25, 0.3) is 0 Å². The minimum Gasteiger partial charge on any atom is -1.00 e. The zero-order valence-electron chi connectivity index (χ0n) is 12.3. The summed E-state index contributed by atoms with van der Waals surface area (Å²) in [4.78, 5) is 23.0. The van der Waals surface area contributed by atoms with Gasteiger partial charge in [0.05, 0.1) is 33.4 Å². The molecule has 1 rings (SSSR count). The molecule has 1 amide bonds. The van der Waals surface area contributed by atoms with E-state index in [4.69, 9.17) is 0 Å². The van der Waals surface area contributed by atoms with Gasteiger partial charge in [0.2, 0.25) is 11.0 Å². The first-order valence-electron chi connectivity index (χ1n) is 6.13. The van der Waals surface area contributed by atoms with Gasteiger partial charge in [-0.15, -0.1) is 0 Å². The third-order valence-electron chi connectivity index (χ3n) is 2.41. The normalized spacial score (nSPS) is 10.6. The number of amides is 1. The van der Waals surface area contributed by atoms with Crippen LogP contribution >= 0.6 is 11.8 Å². The smallest absolute Gasteiger partial charge is 0.221 e. The Morgan fingerprint density at radius 2 is 1.90 bits per heavy atom. The zero-order valence-corrected chi connectivity index (χ0v) is 15.2.